The standard InChI is InChI=1S/C24H29N5O3S/c1-19-3-5-20(6-4-19)23-11-13-25-24(28-23)27-21-7-9-22(10-8-21)33(30,31)26-12-2-14-29-15-17-32-18-16-29/h3-11,13,26H,2,12,14-18H2,1H3,(H,25,27,28). The second kappa shape index (κ2) is 10.8. The van der Waals surface area contributed by atoms with E-state index in [9.17, 15) is 8.42 Å². The Balaban J connectivity index is 1.33. The number of sulfonamides is 1. The van der Waals surface area contributed by atoms with Gasteiger partial charge in [0, 0.05) is 37.1 Å². The second-order valence-electron chi connectivity index (χ2n) is 7.99. The highest BCUT2D eigenvalue weighted by Crippen LogP contribution is 2.21. The third kappa shape index (κ3) is 6.58. The van der Waals surface area contributed by atoms with E-state index in [0.29, 0.717) is 18.2 Å². The first-order valence-electron chi connectivity index (χ1n) is 11.1. The molecular weight excluding hydrogens is 438 g/mol. The topological polar surface area (TPSA) is 96.5 Å². The van der Waals surface area contributed by atoms with Gasteiger partial charge in [-0.05, 0) is 50.2 Å². The predicted octanol–water partition coefficient (Wildman–Crippen LogP) is 3.20. The quantitative estimate of drug-likeness (QED) is 0.467. The van der Waals surface area contributed by atoms with E-state index in [2.05, 4.69) is 24.9 Å². The number of aromatic nitrogens is 2. The van der Waals surface area contributed by atoms with Gasteiger partial charge in [0.2, 0.25) is 16.0 Å². The van der Waals surface area contributed by atoms with Gasteiger partial charge in [0.1, 0.15) is 0 Å². The zero-order valence-corrected chi connectivity index (χ0v) is 19.5. The third-order valence-electron chi connectivity index (χ3n) is 5.47. The van der Waals surface area contributed by atoms with Crippen LogP contribution in [0, 0.1) is 6.92 Å². The van der Waals surface area contributed by atoms with E-state index in [1.54, 1.807) is 30.5 Å². The summed E-state index contributed by atoms with van der Waals surface area (Å²) < 4.78 is 33.2. The number of aryl methyl sites for hydroxylation is 1. The van der Waals surface area contributed by atoms with Crippen molar-refractivity contribution in [2.45, 2.75) is 18.2 Å². The van der Waals surface area contributed by atoms with E-state index < -0.39 is 10.0 Å². The zero-order chi connectivity index (χ0) is 23.1. The molecule has 2 N–H and O–H groups in total. The van der Waals surface area contributed by atoms with E-state index in [0.717, 1.165) is 50.5 Å². The third-order valence-corrected chi connectivity index (χ3v) is 6.95. The highest BCUT2D eigenvalue weighted by Gasteiger charge is 2.14. The second-order valence-corrected chi connectivity index (χ2v) is 9.75. The minimum absolute atomic E-state index is 0.230. The molecular formula is C24H29N5O3S. The first-order chi connectivity index (χ1) is 16.0. The predicted molar refractivity (Wildman–Crippen MR) is 129 cm³/mol. The zero-order valence-electron chi connectivity index (χ0n) is 18.7. The van der Waals surface area contributed by atoms with Crippen molar-refractivity contribution in [1.29, 1.82) is 0 Å². The molecule has 0 radical (unpaired) electrons. The molecule has 1 saturated heterocycles. The Labute approximate surface area is 195 Å². The van der Waals surface area contributed by atoms with Gasteiger partial charge in [-0.15, -0.1) is 0 Å². The number of hydrogen-bond acceptors (Lipinski definition) is 7. The lowest BCUT2D eigenvalue weighted by molar-refractivity contribution is 0.0376. The molecule has 4 rings (SSSR count). The smallest absolute Gasteiger partial charge is 0.240 e. The Morgan fingerprint density at radius 1 is 1.00 bits per heavy atom. The monoisotopic (exact) mass is 467 g/mol. The van der Waals surface area contributed by atoms with Crippen molar-refractivity contribution in [3.63, 3.8) is 0 Å². The van der Waals surface area contributed by atoms with Crippen molar-refractivity contribution >= 4 is 21.7 Å². The summed E-state index contributed by atoms with van der Waals surface area (Å²) in [5.41, 5.74) is 3.72. The number of ether oxygens (including phenoxy) is 1. The van der Waals surface area contributed by atoms with Gasteiger partial charge in [-0.2, -0.15) is 0 Å². The van der Waals surface area contributed by atoms with E-state index in [-0.39, 0.29) is 4.90 Å². The van der Waals surface area contributed by atoms with Crippen molar-refractivity contribution in [2.75, 3.05) is 44.7 Å². The molecule has 0 atom stereocenters. The Morgan fingerprint density at radius 3 is 2.45 bits per heavy atom. The Kier molecular flexibility index (Phi) is 7.66. The number of anilines is 2. The Hall–Kier alpha value is -2.85. The number of benzene rings is 2. The summed E-state index contributed by atoms with van der Waals surface area (Å²) >= 11 is 0. The van der Waals surface area contributed by atoms with Crippen molar-refractivity contribution in [2.24, 2.45) is 0 Å². The van der Waals surface area contributed by atoms with E-state index >= 15 is 0 Å². The fraction of sp³-hybridized carbons (Fsp3) is 0.333. The SMILES string of the molecule is Cc1ccc(-c2ccnc(Nc3ccc(S(=O)(=O)NCCCN4CCOCC4)cc3)n2)cc1. The first kappa shape index (κ1) is 23.3. The molecule has 2 aromatic carbocycles. The fourth-order valence-electron chi connectivity index (χ4n) is 3.57. The van der Waals surface area contributed by atoms with Crippen LogP contribution in [-0.4, -0.2) is 62.7 Å². The minimum Gasteiger partial charge on any atom is -0.379 e. The van der Waals surface area contributed by atoms with Gasteiger partial charge in [-0.1, -0.05) is 29.8 Å². The summed E-state index contributed by atoms with van der Waals surface area (Å²) in [5, 5.41) is 3.14. The van der Waals surface area contributed by atoms with E-state index in [4.69, 9.17) is 4.74 Å². The van der Waals surface area contributed by atoms with Gasteiger partial charge in [0.05, 0.1) is 23.8 Å². The van der Waals surface area contributed by atoms with E-state index in [1.165, 1.54) is 5.56 Å². The van der Waals surface area contributed by atoms with Crippen molar-refractivity contribution in [1.82, 2.24) is 19.6 Å². The number of hydrogen-bond donors (Lipinski definition) is 2. The van der Waals surface area contributed by atoms with Gasteiger partial charge in [-0.3, -0.25) is 4.90 Å². The van der Waals surface area contributed by atoms with Gasteiger partial charge < -0.3 is 10.1 Å². The lowest BCUT2D eigenvalue weighted by Gasteiger charge is -2.26. The van der Waals surface area contributed by atoms with Crippen LogP contribution in [0.1, 0.15) is 12.0 Å². The van der Waals surface area contributed by atoms with E-state index in [1.807, 2.05) is 37.3 Å². The van der Waals surface area contributed by atoms with Crippen molar-refractivity contribution < 1.29 is 13.2 Å². The summed E-state index contributed by atoms with van der Waals surface area (Å²) in [6, 6.07) is 16.6. The van der Waals surface area contributed by atoms with Crippen LogP contribution < -0.4 is 10.0 Å². The first-order valence-corrected chi connectivity index (χ1v) is 12.5. The van der Waals surface area contributed by atoms with Crippen LogP contribution in [0.4, 0.5) is 11.6 Å². The number of nitrogens with zero attached hydrogens (tertiary/aromatic N) is 3. The normalized spacial score (nSPS) is 14.8. The number of rotatable bonds is 9. The Morgan fingerprint density at radius 2 is 1.73 bits per heavy atom. The van der Waals surface area contributed by atoms with Gasteiger partial charge in [0.15, 0.2) is 0 Å². The average Bonchev–Trinajstić information content (AvgIpc) is 2.84. The summed E-state index contributed by atoms with van der Waals surface area (Å²) in [6.07, 6.45) is 2.46. The van der Waals surface area contributed by atoms with Gasteiger partial charge in [-0.25, -0.2) is 23.1 Å². The highest BCUT2D eigenvalue weighted by atomic mass is 32.2. The van der Waals surface area contributed by atoms with Crippen molar-refractivity contribution in [3.8, 4) is 11.3 Å². The number of morpholine rings is 1. The maximum atomic E-state index is 12.6. The largest absolute Gasteiger partial charge is 0.379 e. The lowest BCUT2D eigenvalue weighted by atomic mass is 10.1. The van der Waals surface area contributed by atoms with Crippen LogP contribution in [0.5, 0.6) is 0 Å². The summed E-state index contributed by atoms with van der Waals surface area (Å²) in [7, 11) is -3.55. The molecule has 33 heavy (non-hydrogen) atoms. The van der Waals surface area contributed by atoms with Crippen molar-refractivity contribution in [3.05, 3.63) is 66.4 Å². The summed E-state index contributed by atoms with van der Waals surface area (Å²) in [5.74, 6) is 0.449. The molecule has 0 spiro atoms. The van der Waals surface area contributed by atoms with Gasteiger partial charge >= 0.3 is 0 Å². The molecule has 0 saturated carbocycles. The molecule has 0 bridgehead atoms. The molecule has 0 amide bonds. The number of nitrogens with one attached hydrogen (secondary N) is 2. The molecule has 8 nitrogen and oxygen atoms in total. The van der Waals surface area contributed by atoms with Gasteiger partial charge in [0.25, 0.3) is 0 Å². The van der Waals surface area contributed by atoms with Crippen LogP contribution in [-0.2, 0) is 14.8 Å². The molecule has 1 fully saturated rings. The maximum Gasteiger partial charge on any atom is 0.240 e. The molecule has 1 aliphatic rings. The summed E-state index contributed by atoms with van der Waals surface area (Å²) in [4.78, 5) is 11.4. The van der Waals surface area contributed by atoms with Crippen LogP contribution in [0.25, 0.3) is 11.3 Å². The molecule has 1 aliphatic heterocycles. The van der Waals surface area contributed by atoms with Crippen LogP contribution >= 0.6 is 0 Å². The maximum absolute atomic E-state index is 12.6. The molecule has 2 heterocycles. The molecule has 0 unspecified atom stereocenters. The Bertz CT molecular complexity index is 1150. The summed E-state index contributed by atoms with van der Waals surface area (Å²) in [6.45, 7) is 6.59. The minimum atomic E-state index is -3.55. The van der Waals surface area contributed by atoms with Crippen LogP contribution in [0.3, 0.4) is 0 Å². The lowest BCUT2D eigenvalue weighted by Crippen LogP contribution is -2.38. The molecule has 3 aromatic rings. The van der Waals surface area contributed by atoms with Crippen LogP contribution in [0.2, 0.25) is 0 Å². The molecule has 9 heteroatoms. The molecule has 0 aliphatic carbocycles. The fourth-order valence-corrected chi connectivity index (χ4v) is 4.64. The molecule has 174 valence electrons. The molecule has 1 aromatic heterocycles. The highest BCUT2D eigenvalue weighted by molar-refractivity contribution is 7.89. The average molecular weight is 468 g/mol. The van der Waals surface area contributed by atoms with Crippen LogP contribution in [0.15, 0.2) is 65.7 Å².